The maximum absolute atomic E-state index is 12.3. The molecule has 1 aromatic heterocycles. The van der Waals surface area contributed by atoms with Gasteiger partial charge in [0.1, 0.15) is 0 Å². The van der Waals surface area contributed by atoms with Gasteiger partial charge in [-0.3, -0.25) is 4.79 Å². The quantitative estimate of drug-likeness (QED) is 0.737. The molecule has 0 saturated carbocycles. The van der Waals surface area contributed by atoms with Gasteiger partial charge in [-0.25, -0.2) is 4.98 Å². The number of aromatic nitrogens is 2. The highest BCUT2D eigenvalue weighted by Crippen LogP contribution is 2.29. The molecule has 1 N–H and O–H groups in total. The van der Waals surface area contributed by atoms with Crippen LogP contribution < -0.4 is 5.32 Å². The van der Waals surface area contributed by atoms with E-state index in [9.17, 15) is 4.79 Å². The molecule has 2 heterocycles. The predicted octanol–water partition coefficient (Wildman–Crippen LogP) is 4.49. The number of nitrogens with zero attached hydrogens (tertiary/aromatic N) is 2. The molecular weight excluding hydrogens is 354 g/mol. The van der Waals surface area contributed by atoms with Gasteiger partial charge in [-0.1, -0.05) is 47.6 Å². The van der Waals surface area contributed by atoms with Crippen molar-refractivity contribution in [3.05, 3.63) is 65.3 Å². The third kappa shape index (κ3) is 3.72. The van der Waals surface area contributed by atoms with Crippen molar-refractivity contribution in [2.45, 2.75) is 18.1 Å². The number of nitrogens with one attached hydrogen (secondary N) is 1. The summed E-state index contributed by atoms with van der Waals surface area (Å²) in [5, 5.41) is 4.68. The van der Waals surface area contributed by atoms with Crippen molar-refractivity contribution in [3.8, 4) is 11.3 Å². The highest BCUT2D eigenvalue weighted by molar-refractivity contribution is 7.99. The number of fused-ring (bicyclic) bond motifs is 1. The van der Waals surface area contributed by atoms with Crippen LogP contribution in [0.4, 0.5) is 5.69 Å². The van der Waals surface area contributed by atoms with E-state index in [1.807, 2.05) is 36.4 Å². The standard InChI is InChI=1S/C19H16ClN3OS/c20-15-6-4-13(5-7-15)10-18(24)21-16-3-1-2-14(11-16)17-12-23-8-9-25-19(23)22-17/h1-7,11-12H,8-10H2,(H,21,24). The van der Waals surface area contributed by atoms with Gasteiger partial charge in [0.25, 0.3) is 0 Å². The summed E-state index contributed by atoms with van der Waals surface area (Å²) in [6.45, 7) is 1.00. The van der Waals surface area contributed by atoms with Gasteiger partial charge in [0.05, 0.1) is 12.1 Å². The minimum absolute atomic E-state index is 0.0534. The van der Waals surface area contributed by atoms with Gasteiger partial charge in [-0.2, -0.15) is 0 Å². The van der Waals surface area contributed by atoms with Crippen LogP contribution in [-0.2, 0) is 17.8 Å². The fraction of sp³-hybridized carbons (Fsp3) is 0.158. The number of rotatable bonds is 4. The Kier molecular flexibility index (Phi) is 4.51. The van der Waals surface area contributed by atoms with E-state index >= 15 is 0 Å². The molecule has 0 unspecified atom stereocenters. The van der Waals surface area contributed by atoms with Crippen molar-refractivity contribution in [1.29, 1.82) is 0 Å². The van der Waals surface area contributed by atoms with Crippen LogP contribution in [0.5, 0.6) is 0 Å². The van der Waals surface area contributed by atoms with Gasteiger partial charge in [0.15, 0.2) is 5.16 Å². The number of aryl methyl sites for hydroxylation is 1. The number of hydrogen-bond acceptors (Lipinski definition) is 3. The summed E-state index contributed by atoms with van der Waals surface area (Å²) < 4.78 is 2.17. The first kappa shape index (κ1) is 16.2. The van der Waals surface area contributed by atoms with Gasteiger partial charge >= 0.3 is 0 Å². The molecule has 126 valence electrons. The molecule has 0 radical (unpaired) electrons. The zero-order chi connectivity index (χ0) is 17.2. The SMILES string of the molecule is O=C(Cc1ccc(Cl)cc1)Nc1cccc(-c2cn3c(n2)SCC3)c1. The van der Waals surface area contributed by atoms with Gasteiger partial charge in [0.2, 0.25) is 5.91 Å². The smallest absolute Gasteiger partial charge is 0.228 e. The number of carbonyl (C=O) groups is 1. The third-order valence-electron chi connectivity index (χ3n) is 4.02. The molecule has 0 aliphatic carbocycles. The Balaban J connectivity index is 1.47. The number of halogens is 1. The average molecular weight is 370 g/mol. The molecular formula is C19H16ClN3OS. The molecule has 1 aliphatic heterocycles. The Morgan fingerprint density at radius 3 is 2.88 bits per heavy atom. The molecule has 0 spiro atoms. The molecule has 3 aromatic rings. The molecule has 4 nitrogen and oxygen atoms in total. The summed E-state index contributed by atoms with van der Waals surface area (Å²) in [5.41, 5.74) is 3.65. The van der Waals surface area contributed by atoms with E-state index in [-0.39, 0.29) is 5.91 Å². The van der Waals surface area contributed by atoms with Crippen molar-refractivity contribution < 1.29 is 4.79 Å². The van der Waals surface area contributed by atoms with Gasteiger partial charge in [-0.05, 0) is 29.8 Å². The lowest BCUT2D eigenvalue weighted by atomic mass is 10.1. The number of hydrogen-bond donors (Lipinski definition) is 1. The first-order valence-electron chi connectivity index (χ1n) is 8.02. The minimum atomic E-state index is -0.0534. The number of anilines is 1. The summed E-state index contributed by atoms with van der Waals surface area (Å²) in [7, 11) is 0. The predicted molar refractivity (Wildman–Crippen MR) is 102 cm³/mol. The fourth-order valence-electron chi connectivity index (χ4n) is 2.80. The van der Waals surface area contributed by atoms with Crippen molar-refractivity contribution >= 4 is 35.0 Å². The van der Waals surface area contributed by atoms with E-state index in [2.05, 4.69) is 21.1 Å². The minimum Gasteiger partial charge on any atom is -0.326 e. The number of carbonyl (C=O) groups excluding carboxylic acids is 1. The van der Waals surface area contributed by atoms with E-state index in [0.29, 0.717) is 11.4 Å². The summed E-state index contributed by atoms with van der Waals surface area (Å²) in [5.74, 6) is 1.03. The zero-order valence-corrected chi connectivity index (χ0v) is 15.0. The summed E-state index contributed by atoms with van der Waals surface area (Å²) >= 11 is 7.64. The molecule has 1 aliphatic rings. The second kappa shape index (κ2) is 6.94. The van der Waals surface area contributed by atoms with Crippen molar-refractivity contribution in [2.75, 3.05) is 11.1 Å². The van der Waals surface area contributed by atoms with E-state index < -0.39 is 0 Å². The summed E-state index contributed by atoms with van der Waals surface area (Å²) in [6.07, 6.45) is 2.39. The number of amides is 1. The first-order valence-corrected chi connectivity index (χ1v) is 9.38. The normalized spacial score (nSPS) is 12.8. The summed E-state index contributed by atoms with van der Waals surface area (Å²) in [6, 6.07) is 15.1. The average Bonchev–Trinajstić information content (AvgIpc) is 3.19. The third-order valence-corrected chi connectivity index (χ3v) is 5.25. The molecule has 1 amide bonds. The molecule has 0 fully saturated rings. The second-order valence-electron chi connectivity index (χ2n) is 5.88. The monoisotopic (exact) mass is 369 g/mol. The topological polar surface area (TPSA) is 46.9 Å². The van der Waals surface area contributed by atoms with Crippen molar-refractivity contribution in [1.82, 2.24) is 9.55 Å². The van der Waals surface area contributed by atoms with Crippen molar-refractivity contribution in [3.63, 3.8) is 0 Å². The fourth-order valence-corrected chi connectivity index (χ4v) is 3.87. The number of thioether (sulfide) groups is 1. The summed E-state index contributed by atoms with van der Waals surface area (Å²) in [4.78, 5) is 16.9. The van der Waals surface area contributed by atoms with Crippen LogP contribution >= 0.6 is 23.4 Å². The second-order valence-corrected chi connectivity index (χ2v) is 7.38. The lowest BCUT2D eigenvalue weighted by molar-refractivity contribution is -0.115. The van der Waals surface area contributed by atoms with Crippen LogP contribution in [0.3, 0.4) is 0 Å². The molecule has 0 atom stereocenters. The maximum atomic E-state index is 12.3. The Morgan fingerprint density at radius 2 is 2.08 bits per heavy atom. The maximum Gasteiger partial charge on any atom is 0.228 e. The van der Waals surface area contributed by atoms with Crippen LogP contribution in [0.1, 0.15) is 5.56 Å². The largest absolute Gasteiger partial charge is 0.326 e. The number of benzene rings is 2. The van der Waals surface area contributed by atoms with Crippen LogP contribution in [0.2, 0.25) is 5.02 Å². The van der Waals surface area contributed by atoms with Gasteiger partial charge in [0, 0.05) is 34.8 Å². The van der Waals surface area contributed by atoms with Crippen molar-refractivity contribution in [2.24, 2.45) is 0 Å². The molecule has 25 heavy (non-hydrogen) atoms. The lowest BCUT2D eigenvalue weighted by Crippen LogP contribution is -2.14. The van der Waals surface area contributed by atoms with Gasteiger partial charge in [-0.15, -0.1) is 0 Å². The molecule has 0 bridgehead atoms. The van der Waals surface area contributed by atoms with E-state index in [1.165, 1.54) is 0 Å². The number of imidazole rings is 1. The Labute approximate surface area is 155 Å². The van der Waals surface area contributed by atoms with Crippen LogP contribution in [0, 0.1) is 0 Å². The molecule has 4 rings (SSSR count). The Bertz CT molecular complexity index is 899. The molecule has 2 aromatic carbocycles. The first-order chi connectivity index (χ1) is 12.2. The van der Waals surface area contributed by atoms with Gasteiger partial charge < -0.3 is 9.88 Å². The molecule has 0 saturated heterocycles. The van der Waals surface area contributed by atoms with Crippen LogP contribution in [0.15, 0.2) is 59.9 Å². The van der Waals surface area contributed by atoms with E-state index in [4.69, 9.17) is 11.6 Å². The van der Waals surface area contributed by atoms with E-state index in [1.54, 1.807) is 23.9 Å². The highest BCUT2D eigenvalue weighted by atomic mass is 35.5. The Morgan fingerprint density at radius 1 is 1.24 bits per heavy atom. The highest BCUT2D eigenvalue weighted by Gasteiger charge is 2.15. The zero-order valence-electron chi connectivity index (χ0n) is 13.4. The van der Waals surface area contributed by atoms with E-state index in [0.717, 1.165) is 40.0 Å². The lowest BCUT2D eigenvalue weighted by Gasteiger charge is -2.07. The van der Waals surface area contributed by atoms with Crippen LogP contribution in [0.25, 0.3) is 11.3 Å². The van der Waals surface area contributed by atoms with Crippen LogP contribution in [-0.4, -0.2) is 21.2 Å². The molecule has 6 heteroatoms. The Hall–Kier alpha value is -2.24.